The molecule has 0 amide bonds. The van der Waals surface area contributed by atoms with Gasteiger partial charge in [-0.25, -0.2) is 0 Å². The van der Waals surface area contributed by atoms with Crippen molar-refractivity contribution in [3.8, 4) is 0 Å². The molecule has 0 aromatic carbocycles. The van der Waals surface area contributed by atoms with E-state index >= 15 is 0 Å². The molecule has 2 rings (SSSR count). The molecule has 1 heterocycles. The maximum absolute atomic E-state index is 10.2. The van der Waals surface area contributed by atoms with Crippen LogP contribution < -0.4 is 10.6 Å². The maximum atomic E-state index is 10.2. The zero-order valence-electron chi connectivity index (χ0n) is 11.1. The number of guanidine groups is 1. The molecule has 0 spiro atoms. The summed E-state index contributed by atoms with van der Waals surface area (Å²) in [6.45, 7) is 5.67. The molecule has 0 aromatic heterocycles. The van der Waals surface area contributed by atoms with Gasteiger partial charge < -0.3 is 15.7 Å². The highest BCUT2D eigenvalue weighted by atomic mass is 127. The number of rotatable bonds is 4. The molecule has 1 saturated carbocycles. The third kappa shape index (κ3) is 4.77. The quantitative estimate of drug-likeness (QED) is 0.390. The van der Waals surface area contributed by atoms with E-state index in [0.717, 1.165) is 36.3 Å². The molecule has 0 bridgehead atoms. The van der Waals surface area contributed by atoms with Crippen LogP contribution in [0.2, 0.25) is 0 Å². The lowest BCUT2D eigenvalue weighted by Crippen LogP contribution is -2.41. The molecule has 106 valence electrons. The highest BCUT2D eigenvalue weighted by Crippen LogP contribution is 2.29. The second kappa shape index (κ2) is 7.19. The summed E-state index contributed by atoms with van der Waals surface area (Å²) in [5.41, 5.74) is -0.581. The molecular formula is C12H24IN3OS. The van der Waals surface area contributed by atoms with Gasteiger partial charge in [-0.15, -0.1) is 24.0 Å². The Morgan fingerprint density at radius 3 is 2.78 bits per heavy atom. The standard InChI is InChI=1S/C12H23N3OS.HI/c1-3-13-11(15-10-6-9(10)2)14-7-12(16)4-5-17-8-12;/h9-10,16H,3-8H2,1-2H3,(H2,13,14,15);1H. The summed E-state index contributed by atoms with van der Waals surface area (Å²) in [7, 11) is 0. The predicted molar refractivity (Wildman–Crippen MR) is 89.0 cm³/mol. The van der Waals surface area contributed by atoms with Gasteiger partial charge in [-0.05, 0) is 31.4 Å². The van der Waals surface area contributed by atoms with E-state index in [0.29, 0.717) is 12.6 Å². The molecule has 3 unspecified atom stereocenters. The fourth-order valence-corrected chi connectivity index (χ4v) is 3.25. The molecule has 0 radical (unpaired) electrons. The first-order valence-electron chi connectivity index (χ1n) is 6.48. The minimum Gasteiger partial charge on any atom is -0.387 e. The summed E-state index contributed by atoms with van der Waals surface area (Å²) < 4.78 is 0. The smallest absolute Gasteiger partial charge is 0.191 e. The zero-order valence-corrected chi connectivity index (χ0v) is 14.3. The Bertz CT molecular complexity index is 295. The van der Waals surface area contributed by atoms with Crippen LogP contribution in [0.1, 0.15) is 26.7 Å². The second-order valence-corrected chi connectivity index (χ2v) is 6.29. The van der Waals surface area contributed by atoms with Gasteiger partial charge in [0.25, 0.3) is 0 Å². The Morgan fingerprint density at radius 2 is 2.28 bits per heavy atom. The Morgan fingerprint density at radius 1 is 1.56 bits per heavy atom. The van der Waals surface area contributed by atoms with Crippen molar-refractivity contribution < 1.29 is 5.11 Å². The first-order valence-corrected chi connectivity index (χ1v) is 7.63. The highest BCUT2D eigenvalue weighted by molar-refractivity contribution is 14.0. The molecule has 2 fully saturated rings. The molecule has 3 atom stereocenters. The van der Waals surface area contributed by atoms with E-state index in [2.05, 4.69) is 29.5 Å². The molecular weight excluding hydrogens is 361 g/mol. The first-order chi connectivity index (χ1) is 8.13. The molecule has 4 nitrogen and oxygen atoms in total. The number of aliphatic hydroxyl groups is 1. The second-order valence-electron chi connectivity index (χ2n) is 5.19. The van der Waals surface area contributed by atoms with Crippen LogP contribution in [-0.2, 0) is 0 Å². The molecule has 1 aliphatic carbocycles. The van der Waals surface area contributed by atoms with Crippen molar-refractivity contribution in [3.63, 3.8) is 0 Å². The number of thioether (sulfide) groups is 1. The third-order valence-electron chi connectivity index (χ3n) is 3.39. The predicted octanol–water partition coefficient (Wildman–Crippen LogP) is 1.44. The summed E-state index contributed by atoms with van der Waals surface area (Å²) in [5, 5.41) is 16.9. The zero-order chi connectivity index (χ0) is 12.3. The van der Waals surface area contributed by atoms with Crippen molar-refractivity contribution in [3.05, 3.63) is 0 Å². The molecule has 1 saturated heterocycles. The van der Waals surface area contributed by atoms with Crippen LogP contribution in [0.4, 0.5) is 0 Å². The van der Waals surface area contributed by atoms with Crippen molar-refractivity contribution in [1.82, 2.24) is 10.6 Å². The number of halogens is 1. The Hall–Kier alpha value is 0.310. The van der Waals surface area contributed by atoms with Crippen LogP contribution in [-0.4, -0.2) is 47.3 Å². The van der Waals surface area contributed by atoms with Crippen molar-refractivity contribution >= 4 is 41.7 Å². The third-order valence-corrected chi connectivity index (χ3v) is 4.62. The van der Waals surface area contributed by atoms with Gasteiger partial charge in [0.2, 0.25) is 0 Å². The average Bonchev–Trinajstić information content (AvgIpc) is 2.80. The van der Waals surface area contributed by atoms with Gasteiger partial charge in [-0.2, -0.15) is 11.8 Å². The van der Waals surface area contributed by atoms with Crippen LogP contribution in [0.15, 0.2) is 4.99 Å². The van der Waals surface area contributed by atoms with Crippen molar-refractivity contribution in [2.24, 2.45) is 10.9 Å². The number of nitrogens with zero attached hydrogens (tertiary/aromatic N) is 1. The number of aliphatic imine (C=N–C) groups is 1. The van der Waals surface area contributed by atoms with Crippen LogP contribution >= 0.6 is 35.7 Å². The summed E-state index contributed by atoms with van der Waals surface area (Å²) in [6, 6.07) is 0.570. The SMILES string of the molecule is CCNC(=NCC1(O)CCSC1)NC1CC1C.I. The molecule has 1 aliphatic heterocycles. The Kier molecular flexibility index (Phi) is 6.54. The average molecular weight is 385 g/mol. The van der Waals surface area contributed by atoms with Crippen LogP contribution in [0, 0.1) is 5.92 Å². The van der Waals surface area contributed by atoms with E-state index in [1.807, 2.05) is 11.8 Å². The molecule has 3 N–H and O–H groups in total. The summed E-state index contributed by atoms with van der Waals surface area (Å²) in [5.74, 6) is 3.47. The first kappa shape index (κ1) is 16.4. The maximum Gasteiger partial charge on any atom is 0.191 e. The van der Waals surface area contributed by atoms with E-state index in [9.17, 15) is 5.11 Å². The number of hydrogen-bond acceptors (Lipinski definition) is 3. The van der Waals surface area contributed by atoms with Crippen LogP contribution in [0.3, 0.4) is 0 Å². The monoisotopic (exact) mass is 385 g/mol. The van der Waals surface area contributed by atoms with Crippen molar-refractivity contribution in [1.29, 1.82) is 0 Å². The normalized spacial score (nSPS) is 34.9. The van der Waals surface area contributed by atoms with E-state index in [4.69, 9.17) is 0 Å². The summed E-state index contributed by atoms with van der Waals surface area (Å²) >= 11 is 1.81. The highest BCUT2D eigenvalue weighted by Gasteiger charge is 2.34. The van der Waals surface area contributed by atoms with E-state index < -0.39 is 5.60 Å². The van der Waals surface area contributed by atoms with Crippen molar-refractivity contribution in [2.45, 2.75) is 38.3 Å². The lowest BCUT2D eigenvalue weighted by Gasteiger charge is -2.19. The van der Waals surface area contributed by atoms with E-state index in [1.165, 1.54) is 6.42 Å². The lowest BCUT2D eigenvalue weighted by atomic mass is 10.1. The minimum atomic E-state index is -0.581. The van der Waals surface area contributed by atoms with Crippen molar-refractivity contribution in [2.75, 3.05) is 24.6 Å². The fourth-order valence-electron chi connectivity index (χ4n) is 1.97. The number of nitrogens with one attached hydrogen (secondary N) is 2. The minimum absolute atomic E-state index is 0. The Balaban J connectivity index is 0.00000162. The molecule has 0 aromatic rings. The fraction of sp³-hybridized carbons (Fsp3) is 0.917. The summed E-state index contributed by atoms with van der Waals surface area (Å²) in [6.07, 6.45) is 2.09. The van der Waals surface area contributed by atoms with Crippen LogP contribution in [0.5, 0.6) is 0 Å². The molecule has 2 aliphatic rings. The van der Waals surface area contributed by atoms with Gasteiger partial charge in [0, 0.05) is 18.3 Å². The van der Waals surface area contributed by atoms with Gasteiger partial charge in [-0.3, -0.25) is 4.99 Å². The van der Waals surface area contributed by atoms with Gasteiger partial charge >= 0.3 is 0 Å². The van der Waals surface area contributed by atoms with E-state index in [1.54, 1.807) is 0 Å². The molecule has 18 heavy (non-hydrogen) atoms. The van der Waals surface area contributed by atoms with Gasteiger partial charge in [0.15, 0.2) is 5.96 Å². The Labute approximate surface area is 131 Å². The summed E-state index contributed by atoms with van der Waals surface area (Å²) in [4.78, 5) is 4.51. The van der Waals surface area contributed by atoms with Gasteiger partial charge in [0.1, 0.15) is 0 Å². The number of hydrogen-bond donors (Lipinski definition) is 3. The largest absolute Gasteiger partial charge is 0.387 e. The molecule has 6 heteroatoms. The van der Waals surface area contributed by atoms with E-state index in [-0.39, 0.29) is 24.0 Å². The van der Waals surface area contributed by atoms with Gasteiger partial charge in [-0.1, -0.05) is 6.92 Å². The van der Waals surface area contributed by atoms with Gasteiger partial charge in [0.05, 0.1) is 12.1 Å². The topological polar surface area (TPSA) is 56.7 Å². The van der Waals surface area contributed by atoms with Crippen LogP contribution in [0.25, 0.3) is 0 Å². The lowest BCUT2D eigenvalue weighted by molar-refractivity contribution is 0.0778.